The molecule has 0 spiro atoms. The largest absolute Gasteiger partial charge is 0.497 e. The molecule has 1 amide bonds. The first-order valence-electron chi connectivity index (χ1n) is 9.20. The molecule has 0 fully saturated rings. The van der Waals surface area contributed by atoms with Crippen LogP contribution in [0.15, 0.2) is 35.5 Å². The molecule has 10 heteroatoms. The Balaban J connectivity index is 1.55. The predicted octanol–water partition coefficient (Wildman–Crippen LogP) is 1.64. The third kappa shape index (κ3) is 4.89. The van der Waals surface area contributed by atoms with Gasteiger partial charge in [0.1, 0.15) is 5.75 Å². The van der Waals surface area contributed by atoms with E-state index >= 15 is 0 Å². The Labute approximate surface area is 173 Å². The van der Waals surface area contributed by atoms with Crippen LogP contribution in [-0.4, -0.2) is 49.5 Å². The van der Waals surface area contributed by atoms with Gasteiger partial charge < -0.3 is 15.9 Å². The zero-order chi connectivity index (χ0) is 21.0. The van der Waals surface area contributed by atoms with Crippen molar-refractivity contribution < 1.29 is 9.53 Å². The number of rotatable bonds is 8. The van der Waals surface area contributed by atoms with E-state index in [0.29, 0.717) is 17.6 Å². The SMILES string of the molecule is COc1ccc(CCNC(=O)[C@H](C)Sc2nnc(-n3nc(C)cc3C)n2N)cc1. The van der Waals surface area contributed by atoms with Gasteiger partial charge in [0.05, 0.1) is 18.1 Å². The summed E-state index contributed by atoms with van der Waals surface area (Å²) in [4.78, 5) is 12.4. The number of thioether (sulfide) groups is 1. The van der Waals surface area contributed by atoms with Gasteiger partial charge in [-0.15, -0.1) is 10.2 Å². The van der Waals surface area contributed by atoms with Crippen LogP contribution in [0.5, 0.6) is 5.75 Å². The molecule has 0 saturated carbocycles. The molecule has 0 unspecified atom stereocenters. The fourth-order valence-electron chi connectivity index (χ4n) is 2.80. The number of carbonyl (C=O) groups excluding carboxylic acids is 1. The van der Waals surface area contributed by atoms with Crippen LogP contribution in [0, 0.1) is 13.8 Å². The molecule has 1 atom stereocenters. The lowest BCUT2D eigenvalue weighted by molar-refractivity contribution is -0.120. The number of aromatic nitrogens is 5. The number of carbonyl (C=O) groups is 1. The molecule has 9 nitrogen and oxygen atoms in total. The maximum atomic E-state index is 12.4. The Kier molecular flexibility index (Phi) is 6.42. The molecule has 0 radical (unpaired) electrons. The minimum absolute atomic E-state index is 0.0841. The van der Waals surface area contributed by atoms with Gasteiger partial charge in [-0.1, -0.05) is 23.9 Å². The molecule has 2 aromatic heterocycles. The van der Waals surface area contributed by atoms with Crippen molar-refractivity contribution in [3.05, 3.63) is 47.3 Å². The molecule has 0 bridgehead atoms. The summed E-state index contributed by atoms with van der Waals surface area (Å²) in [6.45, 7) is 6.17. The highest BCUT2D eigenvalue weighted by Gasteiger charge is 2.20. The van der Waals surface area contributed by atoms with E-state index in [1.807, 2.05) is 51.1 Å². The number of benzene rings is 1. The maximum absolute atomic E-state index is 12.4. The number of nitrogens with two attached hydrogens (primary N) is 1. The minimum Gasteiger partial charge on any atom is -0.497 e. The van der Waals surface area contributed by atoms with Crippen LogP contribution in [0.4, 0.5) is 0 Å². The molecular formula is C19H25N7O2S. The van der Waals surface area contributed by atoms with Crippen molar-refractivity contribution >= 4 is 17.7 Å². The highest BCUT2D eigenvalue weighted by Crippen LogP contribution is 2.22. The Bertz CT molecular complexity index is 981. The summed E-state index contributed by atoms with van der Waals surface area (Å²) in [5.74, 6) is 7.27. The fourth-order valence-corrected chi connectivity index (χ4v) is 3.59. The number of amides is 1. The van der Waals surface area contributed by atoms with Gasteiger partial charge in [-0.2, -0.15) is 5.10 Å². The molecule has 154 valence electrons. The van der Waals surface area contributed by atoms with Crippen molar-refractivity contribution in [2.75, 3.05) is 19.5 Å². The van der Waals surface area contributed by atoms with Crippen LogP contribution < -0.4 is 15.9 Å². The molecule has 3 aromatic rings. The minimum atomic E-state index is -0.370. The molecule has 3 rings (SSSR count). The molecule has 29 heavy (non-hydrogen) atoms. The second kappa shape index (κ2) is 8.99. The van der Waals surface area contributed by atoms with Gasteiger partial charge in [-0.25, -0.2) is 9.36 Å². The van der Waals surface area contributed by atoms with Crippen molar-refractivity contribution in [2.45, 2.75) is 37.6 Å². The van der Waals surface area contributed by atoms with Crippen LogP contribution in [0.1, 0.15) is 23.9 Å². The Morgan fingerprint density at radius 1 is 1.28 bits per heavy atom. The van der Waals surface area contributed by atoms with Gasteiger partial charge >= 0.3 is 0 Å². The van der Waals surface area contributed by atoms with Crippen LogP contribution >= 0.6 is 11.8 Å². The molecule has 0 aliphatic carbocycles. The standard InChI is InChI=1S/C19H25N7O2S/c1-12-11-13(2)26(24-12)18-22-23-19(25(18)20)29-14(3)17(27)21-10-9-15-5-7-16(28-4)8-6-15/h5-8,11,14H,9-10,20H2,1-4H3,(H,21,27)/t14-/m0/s1. The third-order valence-electron chi connectivity index (χ3n) is 4.37. The Morgan fingerprint density at radius 3 is 2.62 bits per heavy atom. The van der Waals surface area contributed by atoms with E-state index in [4.69, 9.17) is 10.6 Å². The summed E-state index contributed by atoms with van der Waals surface area (Å²) >= 11 is 1.25. The van der Waals surface area contributed by atoms with E-state index in [2.05, 4.69) is 20.6 Å². The summed E-state index contributed by atoms with van der Waals surface area (Å²) in [6.07, 6.45) is 0.738. The van der Waals surface area contributed by atoms with Crippen molar-refractivity contribution in [3.8, 4) is 11.7 Å². The summed E-state index contributed by atoms with van der Waals surface area (Å²) in [7, 11) is 1.64. The molecule has 3 N–H and O–H groups in total. The topological polar surface area (TPSA) is 113 Å². The fraction of sp³-hybridized carbons (Fsp3) is 0.368. The molecule has 0 saturated heterocycles. The molecular weight excluding hydrogens is 390 g/mol. The lowest BCUT2D eigenvalue weighted by atomic mass is 10.1. The van der Waals surface area contributed by atoms with E-state index in [-0.39, 0.29) is 11.2 Å². The van der Waals surface area contributed by atoms with Crippen molar-refractivity contribution in [1.82, 2.24) is 30.0 Å². The number of hydrogen-bond acceptors (Lipinski definition) is 7. The summed E-state index contributed by atoms with van der Waals surface area (Å²) in [6, 6.07) is 9.72. The average molecular weight is 416 g/mol. The second-order valence-corrected chi connectivity index (χ2v) is 7.95. The number of ether oxygens (including phenoxy) is 1. The number of nitrogen functional groups attached to an aromatic ring is 1. The molecule has 0 aliphatic heterocycles. The molecule has 0 aliphatic rings. The van der Waals surface area contributed by atoms with Crippen molar-refractivity contribution in [2.24, 2.45) is 0 Å². The van der Waals surface area contributed by atoms with Gasteiger partial charge in [0, 0.05) is 12.2 Å². The first-order chi connectivity index (χ1) is 13.9. The van der Waals surface area contributed by atoms with E-state index in [1.54, 1.807) is 11.8 Å². The summed E-state index contributed by atoms with van der Waals surface area (Å²) < 4.78 is 8.13. The zero-order valence-electron chi connectivity index (χ0n) is 16.9. The number of aryl methyl sites for hydroxylation is 2. The normalized spacial score (nSPS) is 12.0. The van der Waals surface area contributed by atoms with E-state index in [0.717, 1.165) is 29.1 Å². The van der Waals surface area contributed by atoms with Gasteiger partial charge in [-0.05, 0) is 51.0 Å². The summed E-state index contributed by atoms with van der Waals surface area (Å²) in [5.41, 5.74) is 2.90. The van der Waals surface area contributed by atoms with Crippen LogP contribution in [0.25, 0.3) is 5.95 Å². The quantitative estimate of drug-likeness (QED) is 0.425. The van der Waals surface area contributed by atoms with Crippen molar-refractivity contribution in [1.29, 1.82) is 0 Å². The zero-order valence-corrected chi connectivity index (χ0v) is 17.7. The Morgan fingerprint density at radius 2 is 2.00 bits per heavy atom. The van der Waals surface area contributed by atoms with Gasteiger partial charge in [0.15, 0.2) is 0 Å². The first kappa shape index (κ1) is 20.7. The van der Waals surface area contributed by atoms with Crippen LogP contribution in [0.3, 0.4) is 0 Å². The number of nitrogens with one attached hydrogen (secondary N) is 1. The monoisotopic (exact) mass is 415 g/mol. The van der Waals surface area contributed by atoms with Crippen LogP contribution in [0.2, 0.25) is 0 Å². The summed E-state index contributed by atoms with van der Waals surface area (Å²) in [5, 5.41) is 15.6. The van der Waals surface area contributed by atoms with E-state index in [1.165, 1.54) is 16.4 Å². The van der Waals surface area contributed by atoms with E-state index < -0.39 is 0 Å². The number of hydrogen-bond donors (Lipinski definition) is 2. The Hall–Kier alpha value is -3.01. The third-order valence-corrected chi connectivity index (χ3v) is 5.43. The smallest absolute Gasteiger partial charge is 0.271 e. The highest BCUT2D eigenvalue weighted by molar-refractivity contribution is 8.00. The predicted molar refractivity (Wildman–Crippen MR) is 112 cm³/mol. The van der Waals surface area contributed by atoms with Gasteiger partial charge in [-0.3, -0.25) is 4.79 Å². The van der Waals surface area contributed by atoms with Crippen molar-refractivity contribution in [3.63, 3.8) is 0 Å². The highest BCUT2D eigenvalue weighted by atomic mass is 32.2. The van der Waals surface area contributed by atoms with Gasteiger partial charge in [0.2, 0.25) is 11.1 Å². The molecule has 2 heterocycles. The number of methoxy groups -OCH3 is 1. The van der Waals surface area contributed by atoms with Gasteiger partial charge in [0.25, 0.3) is 5.95 Å². The first-order valence-corrected chi connectivity index (χ1v) is 10.1. The van der Waals surface area contributed by atoms with E-state index in [9.17, 15) is 4.79 Å². The lowest BCUT2D eigenvalue weighted by Crippen LogP contribution is -2.32. The molecule has 1 aromatic carbocycles. The average Bonchev–Trinajstić information content (AvgIpc) is 3.23. The maximum Gasteiger partial charge on any atom is 0.271 e. The van der Waals surface area contributed by atoms with Crippen LogP contribution in [-0.2, 0) is 11.2 Å². The lowest BCUT2D eigenvalue weighted by Gasteiger charge is -2.12. The second-order valence-electron chi connectivity index (χ2n) is 6.64. The number of nitrogens with zero attached hydrogens (tertiary/aromatic N) is 5.